The normalized spacial score (nSPS) is 9.68. The largest absolute Gasteiger partial charge is 0.456 e. The van der Waals surface area contributed by atoms with Crippen LogP contribution >= 0.6 is 0 Å². The standard InChI is InChI=1S/C16H13NO2/c1-2-15(18)12-7-9-14(10-8-12)19-16-6-4-3-5-13(16)11-17/h3-10H,2H2,1H3. The van der Waals surface area contributed by atoms with Crippen molar-refractivity contribution in [1.82, 2.24) is 0 Å². The third kappa shape index (κ3) is 2.99. The van der Waals surface area contributed by atoms with E-state index in [2.05, 4.69) is 6.07 Å². The van der Waals surface area contributed by atoms with E-state index in [4.69, 9.17) is 10.00 Å². The molecule has 3 heteroatoms. The highest BCUT2D eigenvalue weighted by molar-refractivity contribution is 5.95. The predicted molar refractivity (Wildman–Crippen MR) is 72.3 cm³/mol. The van der Waals surface area contributed by atoms with Gasteiger partial charge >= 0.3 is 0 Å². The lowest BCUT2D eigenvalue weighted by Gasteiger charge is -2.07. The van der Waals surface area contributed by atoms with Crippen LogP contribution in [0.5, 0.6) is 11.5 Å². The Kier molecular flexibility index (Phi) is 3.94. The van der Waals surface area contributed by atoms with Crippen LogP contribution in [0.1, 0.15) is 29.3 Å². The molecule has 2 aromatic rings. The molecule has 19 heavy (non-hydrogen) atoms. The van der Waals surface area contributed by atoms with Gasteiger partial charge in [0, 0.05) is 12.0 Å². The van der Waals surface area contributed by atoms with E-state index in [1.807, 2.05) is 13.0 Å². The maximum absolute atomic E-state index is 11.5. The van der Waals surface area contributed by atoms with Gasteiger partial charge in [-0.2, -0.15) is 5.26 Å². The van der Waals surface area contributed by atoms with Crippen LogP contribution in [0.2, 0.25) is 0 Å². The van der Waals surface area contributed by atoms with Gasteiger partial charge in [0.25, 0.3) is 0 Å². The van der Waals surface area contributed by atoms with E-state index in [9.17, 15) is 4.79 Å². The molecule has 0 amide bonds. The number of benzene rings is 2. The van der Waals surface area contributed by atoms with E-state index >= 15 is 0 Å². The molecule has 2 aromatic carbocycles. The summed E-state index contributed by atoms with van der Waals surface area (Å²) in [5, 5.41) is 8.97. The molecule has 0 fully saturated rings. The second-order valence-electron chi connectivity index (χ2n) is 4.01. The van der Waals surface area contributed by atoms with Gasteiger partial charge in [0.15, 0.2) is 5.78 Å². The van der Waals surface area contributed by atoms with Crippen LogP contribution in [0.25, 0.3) is 0 Å². The number of rotatable bonds is 4. The van der Waals surface area contributed by atoms with Gasteiger partial charge in [-0.25, -0.2) is 0 Å². The fourth-order valence-electron chi connectivity index (χ4n) is 1.69. The molecule has 0 spiro atoms. The number of carbonyl (C=O) groups is 1. The smallest absolute Gasteiger partial charge is 0.162 e. The van der Waals surface area contributed by atoms with Crippen molar-refractivity contribution < 1.29 is 9.53 Å². The molecule has 0 bridgehead atoms. The summed E-state index contributed by atoms with van der Waals surface area (Å²) in [7, 11) is 0. The van der Waals surface area contributed by atoms with Gasteiger partial charge in [-0.1, -0.05) is 19.1 Å². The summed E-state index contributed by atoms with van der Waals surface area (Å²) < 4.78 is 5.63. The first-order chi connectivity index (χ1) is 9.24. The topological polar surface area (TPSA) is 50.1 Å². The van der Waals surface area contributed by atoms with Gasteiger partial charge in [0.1, 0.15) is 17.6 Å². The van der Waals surface area contributed by atoms with Crippen molar-refractivity contribution in [2.75, 3.05) is 0 Å². The fraction of sp³-hybridized carbons (Fsp3) is 0.125. The van der Waals surface area contributed by atoms with Crippen molar-refractivity contribution in [2.45, 2.75) is 13.3 Å². The van der Waals surface area contributed by atoms with Crippen LogP contribution in [0, 0.1) is 11.3 Å². The first kappa shape index (κ1) is 12.8. The van der Waals surface area contributed by atoms with E-state index in [1.165, 1.54) is 0 Å². The molecule has 2 rings (SSSR count). The van der Waals surface area contributed by atoms with Gasteiger partial charge in [0.2, 0.25) is 0 Å². The van der Waals surface area contributed by atoms with Crippen molar-refractivity contribution in [3.8, 4) is 17.6 Å². The molecule has 0 aliphatic carbocycles. The van der Waals surface area contributed by atoms with Crippen molar-refractivity contribution in [1.29, 1.82) is 5.26 Å². The van der Waals surface area contributed by atoms with Crippen molar-refractivity contribution in [3.63, 3.8) is 0 Å². The Balaban J connectivity index is 2.20. The summed E-state index contributed by atoms with van der Waals surface area (Å²) in [6, 6.07) is 16.0. The first-order valence-electron chi connectivity index (χ1n) is 6.05. The average Bonchev–Trinajstić information content (AvgIpc) is 2.48. The summed E-state index contributed by atoms with van der Waals surface area (Å²) in [4.78, 5) is 11.5. The lowest BCUT2D eigenvalue weighted by molar-refractivity contribution is 0.0988. The Morgan fingerprint density at radius 3 is 2.47 bits per heavy atom. The van der Waals surface area contributed by atoms with Crippen LogP contribution in [0.3, 0.4) is 0 Å². The summed E-state index contributed by atoms with van der Waals surface area (Å²) in [5.41, 5.74) is 1.15. The molecular formula is C16H13NO2. The zero-order valence-corrected chi connectivity index (χ0v) is 10.6. The summed E-state index contributed by atoms with van der Waals surface area (Å²) >= 11 is 0. The predicted octanol–water partition coefficient (Wildman–Crippen LogP) is 3.94. The van der Waals surface area contributed by atoms with Crippen LogP contribution in [-0.2, 0) is 0 Å². The minimum absolute atomic E-state index is 0.101. The minimum Gasteiger partial charge on any atom is -0.456 e. The van der Waals surface area contributed by atoms with E-state index in [1.54, 1.807) is 42.5 Å². The van der Waals surface area contributed by atoms with Crippen molar-refractivity contribution in [3.05, 3.63) is 59.7 Å². The number of hydrogen-bond donors (Lipinski definition) is 0. The Bertz CT molecular complexity index is 624. The molecule has 0 saturated heterocycles. The van der Waals surface area contributed by atoms with Gasteiger partial charge in [-0.05, 0) is 36.4 Å². The molecule has 0 aliphatic rings. The maximum Gasteiger partial charge on any atom is 0.162 e. The Morgan fingerprint density at radius 2 is 1.84 bits per heavy atom. The molecule has 0 aliphatic heterocycles. The monoisotopic (exact) mass is 251 g/mol. The molecule has 0 saturated carbocycles. The number of ether oxygens (including phenoxy) is 1. The number of carbonyl (C=O) groups excluding carboxylic acids is 1. The fourth-order valence-corrected chi connectivity index (χ4v) is 1.69. The quantitative estimate of drug-likeness (QED) is 0.773. The third-order valence-electron chi connectivity index (χ3n) is 2.73. The molecule has 0 unspecified atom stereocenters. The molecule has 0 heterocycles. The first-order valence-corrected chi connectivity index (χ1v) is 6.05. The molecule has 3 nitrogen and oxygen atoms in total. The second-order valence-corrected chi connectivity index (χ2v) is 4.01. The highest BCUT2D eigenvalue weighted by Crippen LogP contribution is 2.25. The highest BCUT2D eigenvalue weighted by Gasteiger charge is 2.05. The van der Waals surface area contributed by atoms with E-state index in [-0.39, 0.29) is 5.78 Å². The second kappa shape index (κ2) is 5.83. The Labute approximate surface area is 112 Å². The van der Waals surface area contributed by atoms with E-state index in [0.29, 0.717) is 29.0 Å². The minimum atomic E-state index is 0.101. The summed E-state index contributed by atoms with van der Waals surface area (Å²) in [5.74, 6) is 1.22. The number of para-hydroxylation sites is 1. The lowest BCUT2D eigenvalue weighted by atomic mass is 10.1. The Hall–Kier alpha value is -2.60. The summed E-state index contributed by atoms with van der Waals surface area (Å²) in [6.07, 6.45) is 0.484. The molecule has 0 aromatic heterocycles. The number of Topliss-reactive ketones (excluding diaryl/α,β-unsaturated/α-hetero) is 1. The van der Waals surface area contributed by atoms with Crippen molar-refractivity contribution >= 4 is 5.78 Å². The number of nitrogens with zero attached hydrogens (tertiary/aromatic N) is 1. The molecule has 0 radical (unpaired) electrons. The zero-order valence-electron chi connectivity index (χ0n) is 10.6. The Morgan fingerprint density at radius 1 is 1.16 bits per heavy atom. The number of nitriles is 1. The van der Waals surface area contributed by atoms with Crippen LogP contribution in [-0.4, -0.2) is 5.78 Å². The van der Waals surface area contributed by atoms with Gasteiger partial charge < -0.3 is 4.74 Å². The zero-order chi connectivity index (χ0) is 13.7. The summed E-state index contributed by atoms with van der Waals surface area (Å²) in [6.45, 7) is 1.83. The maximum atomic E-state index is 11.5. The SMILES string of the molecule is CCC(=O)c1ccc(Oc2ccccc2C#N)cc1. The molecular weight excluding hydrogens is 238 g/mol. The average molecular weight is 251 g/mol. The van der Waals surface area contributed by atoms with Gasteiger partial charge in [0.05, 0.1) is 5.56 Å². The van der Waals surface area contributed by atoms with Crippen LogP contribution in [0.4, 0.5) is 0 Å². The molecule has 0 atom stereocenters. The number of hydrogen-bond acceptors (Lipinski definition) is 3. The van der Waals surface area contributed by atoms with E-state index in [0.717, 1.165) is 0 Å². The molecule has 0 N–H and O–H groups in total. The third-order valence-corrected chi connectivity index (χ3v) is 2.73. The van der Waals surface area contributed by atoms with Gasteiger partial charge in [-0.3, -0.25) is 4.79 Å². The van der Waals surface area contributed by atoms with Crippen LogP contribution in [0.15, 0.2) is 48.5 Å². The lowest BCUT2D eigenvalue weighted by Crippen LogP contribution is -1.96. The number of ketones is 1. The molecule has 94 valence electrons. The van der Waals surface area contributed by atoms with Crippen molar-refractivity contribution in [2.24, 2.45) is 0 Å². The van der Waals surface area contributed by atoms with E-state index < -0.39 is 0 Å². The highest BCUT2D eigenvalue weighted by atomic mass is 16.5. The van der Waals surface area contributed by atoms with Crippen LogP contribution < -0.4 is 4.74 Å². The van der Waals surface area contributed by atoms with Gasteiger partial charge in [-0.15, -0.1) is 0 Å².